The molecule has 1 aliphatic heterocycles. The topological polar surface area (TPSA) is 59.8 Å². The molecular weight excluding hydrogens is 340 g/mol. The molecule has 0 aromatic carbocycles. The molecule has 5 nitrogen and oxygen atoms in total. The quantitative estimate of drug-likeness (QED) is 0.921. The minimum Gasteiger partial charge on any atom is -0.345 e. The maximum Gasteiger partial charge on any atom is 0.252 e. The fourth-order valence-electron chi connectivity index (χ4n) is 2.37. The highest BCUT2D eigenvalue weighted by Crippen LogP contribution is 2.20. The number of hydrogen-bond acceptors (Lipinski definition) is 4. The van der Waals surface area contributed by atoms with Crippen LogP contribution >= 0.6 is 27.3 Å². The third kappa shape index (κ3) is 2.93. The number of aromatic nitrogens is 3. The van der Waals surface area contributed by atoms with E-state index >= 15 is 0 Å². The molecule has 20 heavy (non-hydrogen) atoms. The maximum atomic E-state index is 12.0. The van der Waals surface area contributed by atoms with E-state index in [1.165, 1.54) is 24.2 Å². The summed E-state index contributed by atoms with van der Waals surface area (Å²) in [6, 6.07) is 1.82. The van der Waals surface area contributed by atoms with Crippen molar-refractivity contribution in [2.45, 2.75) is 38.8 Å². The summed E-state index contributed by atoms with van der Waals surface area (Å²) in [5.74, 6) is 1.83. The van der Waals surface area contributed by atoms with Crippen LogP contribution in [0.15, 0.2) is 15.2 Å². The molecule has 7 heteroatoms. The van der Waals surface area contributed by atoms with Crippen molar-refractivity contribution in [2.75, 3.05) is 0 Å². The molecule has 2 aromatic heterocycles. The molecule has 0 fully saturated rings. The van der Waals surface area contributed by atoms with Crippen LogP contribution in [0.2, 0.25) is 0 Å². The SMILES string of the molecule is O=C(NCc1nnc2n1CCCCC2)c1csc(Br)c1. The molecule has 0 radical (unpaired) electrons. The molecule has 106 valence electrons. The van der Waals surface area contributed by atoms with Crippen molar-refractivity contribution in [1.82, 2.24) is 20.1 Å². The Kier molecular flexibility index (Phi) is 4.16. The van der Waals surface area contributed by atoms with E-state index in [2.05, 4.69) is 36.0 Å². The first-order chi connectivity index (χ1) is 9.74. The summed E-state index contributed by atoms with van der Waals surface area (Å²) >= 11 is 4.86. The molecule has 0 aliphatic carbocycles. The van der Waals surface area contributed by atoms with Gasteiger partial charge in [0, 0.05) is 18.3 Å². The van der Waals surface area contributed by atoms with Crippen molar-refractivity contribution < 1.29 is 4.79 Å². The van der Waals surface area contributed by atoms with E-state index in [9.17, 15) is 4.79 Å². The number of aryl methyl sites for hydroxylation is 1. The van der Waals surface area contributed by atoms with Crippen LogP contribution in [-0.2, 0) is 19.5 Å². The van der Waals surface area contributed by atoms with Crippen molar-refractivity contribution in [3.8, 4) is 0 Å². The van der Waals surface area contributed by atoms with E-state index in [-0.39, 0.29) is 5.91 Å². The average Bonchev–Trinajstić information content (AvgIpc) is 2.96. The van der Waals surface area contributed by atoms with Gasteiger partial charge in [0.1, 0.15) is 5.82 Å². The summed E-state index contributed by atoms with van der Waals surface area (Å²) in [7, 11) is 0. The molecule has 2 aromatic rings. The summed E-state index contributed by atoms with van der Waals surface area (Å²) in [5, 5.41) is 13.2. The number of thiophene rings is 1. The van der Waals surface area contributed by atoms with Gasteiger partial charge in [-0.25, -0.2) is 0 Å². The first kappa shape index (κ1) is 13.8. The van der Waals surface area contributed by atoms with E-state index in [0.29, 0.717) is 12.1 Å². The number of halogens is 1. The molecule has 1 amide bonds. The van der Waals surface area contributed by atoms with Crippen molar-refractivity contribution in [2.24, 2.45) is 0 Å². The van der Waals surface area contributed by atoms with Crippen molar-refractivity contribution in [1.29, 1.82) is 0 Å². The van der Waals surface area contributed by atoms with Crippen LogP contribution in [0.4, 0.5) is 0 Å². The zero-order chi connectivity index (χ0) is 13.9. The first-order valence-electron chi connectivity index (χ1n) is 6.67. The predicted molar refractivity (Wildman–Crippen MR) is 80.8 cm³/mol. The smallest absolute Gasteiger partial charge is 0.252 e. The Morgan fingerprint density at radius 2 is 2.30 bits per heavy atom. The lowest BCUT2D eigenvalue weighted by Crippen LogP contribution is -2.24. The van der Waals surface area contributed by atoms with Crippen LogP contribution in [0.1, 0.15) is 41.3 Å². The second-order valence-electron chi connectivity index (χ2n) is 4.82. The Balaban J connectivity index is 1.67. The third-order valence-electron chi connectivity index (χ3n) is 3.42. The van der Waals surface area contributed by atoms with Gasteiger partial charge in [0.2, 0.25) is 0 Å². The molecule has 0 atom stereocenters. The molecule has 0 spiro atoms. The third-order valence-corrected chi connectivity index (χ3v) is 4.93. The van der Waals surface area contributed by atoms with Crippen LogP contribution < -0.4 is 5.32 Å². The van der Waals surface area contributed by atoms with Crippen LogP contribution in [-0.4, -0.2) is 20.7 Å². The number of nitrogens with one attached hydrogen (secondary N) is 1. The van der Waals surface area contributed by atoms with Gasteiger partial charge in [0.15, 0.2) is 5.82 Å². The van der Waals surface area contributed by atoms with Crippen LogP contribution in [0.3, 0.4) is 0 Å². The Morgan fingerprint density at radius 3 is 3.10 bits per heavy atom. The van der Waals surface area contributed by atoms with Gasteiger partial charge < -0.3 is 9.88 Å². The Hall–Kier alpha value is -1.21. The second kappa shape index (κ2) is 6.05. The lowest BCUT2D eigenvalue weighted by atomic mass is 10.2. The Labute approximate surface area is 129 Å². The van der Waals surface area contributed by atoms with Crippen molar-refractivity contribution >= 4 is 33.2 Å². The van der Waals surface area contributed by atoms with E-state index < -0.39 is 0 Å². The Bertz CT molecular complexity index is 622. The fraction of sp³-hybridized carbons (Fsp3) is 0.462. The number of carbonyl (C=O) groups is 1. The molecule has 3 heterocycles. The zero-order valence-electron chi connectivity index (χ0n) is 10.9. The van der Waals surface area contributed by atoms with Gasteiger partial charge >= 0.3 is 0 Å². The van der Waals surface area contributed by atoms with Gasteiger partial charge in [-0.15, -0.1) is 21.5 Å². The lowest BCUT2D eigenvalue weighted by Gasteiger charge is -2.07. The van der Waals surface area contributed by atoms with Gasteiger partial charge in [0.05, 0.1) is 15.9 Å². The van der Waals surface area contributed by atoms with Gasteiger partial charge in [-0.2, -0.15) is 0 Å². The van der Waals surface area contributed by atoms with E-state index in [0.717, 1.165) is 34.8 Å². The van der Waals surface area contributed by atoms with Crippen molar-refractivity contribution in [3.63, 3.8) is 0 Å². The molecule has 0 saturated heterocycles. The minimum atomic E-state index is -0.0714. The van der Waals surface area contributed by atoms with Crippen molar-refractivity contribution in [3.05, 3.63) is 32.4 Å². The van der Waals surface area contributed by atoms with Crippen LogP contribution in [0, 0.1) is 0 Å². The Morgan fingerprint density at radius 1 is 1.40 bits per heavy atom. The number of carbonyl (C=O) groups excluding carboxylic acids is 1. The van der Waals surface area contributed by atoms with E-state index in [1.54, 1.807) is 0 Å². The number of amides is 1. The van der Waals surface area contributed by atoms with Gasteiger partial charge in [-0.3, -0.25) is 4.79 Å². The summed E-state index contributed by atoms with van der Waals surface area (Å²) in [6.45, 7) is 1.39. The first-order valence-corrected chi connectivity index (χ1v) is 8.34. The summed E-state index contributed by atoms with van der Waals surface area (Å²) in [4.78, 5) is 12.0. The number of nitrogens with zero attached hydrogens (tertiary/aromatic N) is 3. The molecule has 1 aliphatic rings. The largest absolute Gasteiger partial charge is 0.345 e. The highest BCUT2D eigenvalue weighted by Gasteiger charge is 2.15. The molecule has 0 unspecified atom stereocenters. The van der Waals surface area contributed by atoms with Crippen LogP contribution in [0.5, 0.6) is 0 Å². The maximum absolute atomic E-state index is 12.0. The number of rotatable bonds is 3. The standard InChI is InChI=1S/C13H15BrN4OS/c14-10-6-9(8-20-10)13(19)15-7-12-17-16-11-4-2-1-3-5-18(11)12/h6,8H,1-5,7H2,(H,15,19). The van der Waals surface area contributed by atoms with Crippen LogP contribution in [0.25, 0.3) is 0 Å². The second-order valence-corrected chi connectivity index (χ2v) is 7.11. The molecule has 1 N–H and O–H groups in total. The molecular formula is C13H15BrN4OS. The average molecular weight is 355 g/mol. The molecule has 0 saturated carbocycles. The van der Waals surface area contributed by atoms with Gasteiger partial charge in [-0.05, 0) is 34.8 Å². The monoisotopic (exact) mass is 354 g/mol. The summed E-state index contributed by atoms with van der Waals surface area (Å²) < 4.78 is 3.11. The lowest BCUT2D eigenvalue weighted by molar-refractivity contribution is 0.0950. The van der Waals surface area contributed by atoms with E-state index in [4.69, 9.17) is 0 Å². The highest BCUT2D eigenvalue weighted by atomic mass is 79.9. The predicted octanol–water partition coefficient (Wildman–Crippen LogP) is 2.76. The number of fused-ring (bicyclic) bond motifs is 1. The molecule has 0 bridgehead atoms. The minimum absolute atomic E-state index is 0.0714. The zero-order valence-corrected chi connectivity index (χ0v) is 13.3. The van der Waals surface area contributed by atoms with E-state index in [1.807, 2.05) is 11.4 Å². The highest BCUT2D eigenvalue weighted by molar-refractivity contribution is 9.11. The molecule has 3 rings (SSSR count). The fourth-order valence-corrected chi connectivity index (χ4v) is 3.50. The summed E-state index contributed by atoms with van der Waals surface area (Å²) in [6.07, 6.45) is 4.55. The normalized spacial score (nSPS) is 14.7. The van der Waals surface area contributed by atoms with Gasteiger partial charge in [-0.1, -0.05) is 6.42 Å². The van der Waals surface area contributed by atoms with Gasteiger partial charge in [0.25, 0.3) is 5.91 Å². The number of hydrogen-bond donors (Lipinski definition) is 1. The summed E-state index contributed by atoms with van der Waals surface area (Å²) in [5.41, 5.74) is 0.678.